The Morgan fingerprint density at radius 3 is 2.64 bits per heavy atom. The lowest BCUT2D eigenvalue weighted by Gasteiger charge is -2.07. The van der Waals surface area contributed by atoms with E-state index in [1.54, 1.807) is 0 Å². The van der Waals surface area contributed by atoms with Crippen LogP contribution in [0.1, 0.15) is 25.8 Å². The monoisotopic (exact) mass is 306 g/mol. The number of aromatic hydroxyl groups is 1. The molecule has 2 heteroatoms. The Balaban J connectivity index is 2.30. The van der Waals surface area contributed by atoms with E-state index < -0.39 is 0 Å². The van der Waals surface area contributed by atoms with Crippen LogP contribution < -0.4 is 4.53 Å². The molecule has 0 amide bonds. The van der Waals surface area contributed by atoms with Gasteiger partial charge in [-0.25, -0.2) is 0 Å². The van der Waals surface area contributed by atoms with E-state index in [2.05, 4.69) is 50.3 Å². The molecular formula is C20H18OS. The highest BCUT2D eigenvalue weighted by Crippen LogP contribution is 2.39. The number of rotatable bonds is 2. The van der Waals surface area contributed by atoms with Crippen molar-refractivity contribution in [3.05, 3.63) is 46.5 Å². The van der Waals surface area contributed by atoms with Gasteiger partial charge in [0.25, 0.3) is 0 Å². The molecule has 1 N–H and O–H groups in total. The number of phenolic OH excluding ortho intramolecular Hbond substituents is 1. The van der Waals surface area contributed by atoms with Crippen LogP contribution in [0.15, 0.2) is 36.4 Å². The molecule has 4 rings (SSSR count). The fourth-order valence-corrected chi connectivity index (χ4v) is 4.61. The van der Waals surface area contributed by atoms with Gasteiger partial charge in [0.05, 0.1) is 0 Å². The minimum absolute atomic E-state index is 0.375. The lowest BCUT2D eigenvalue weighted by atomic mass is 9.98. The molecule has 1 nitrogen and oxygen atoms in total. The van der Waals surface area contributed by atoms with Gasteiger partial charge in [-0.2, -0.15) is 0 Å². The van der Waals surface area contributed by atoms with Gasteiger partial charge in [-0.3, -0.25) is 0 Å². The Bertz CT molecular complexity index is 1060. The van der Waals surface area contributed by atoms with Crippen molar-refractivity contribution in [2.75, 3.05) is 0 Å². The van der Waals surface area contributed by atoms with Gasteiger partial charge in [0.2, 0.25) is 0 Å². The highest BCUT2D eigenvalue weighted by molar-refractivity contribution is 7.19. The summed E-state index contributed by atoms with van der Waals surface area (Å²) in [5.74, 6) is 0.375. The standard InChI is InChI=1S/C20H18OS/c1-3-5-18-14-8-9-17(21)16-11-13-7-6-12(4-2)10-15(13)20(22-18)19(14)16/h5-11,21H,3-4H2,1-2H3. The van der Waals surface area contributed by atoms with Gasteiger partial charge in [0.1, 0.15) is 5.75 Å². The first-order valence-electron chi connectivity index (χ1n) is 7.82. The minimum Gasteiger partial charge on any atom is -0.507 e. The molecule has 0 fully saturated rings. The smallest absolute Gasteiger partial charge is 0.123 e. The number of phenols is 1. The molecule has 4 aromatic rings. The van der Waals surface area contributed by atoms with Crippen LogP contribution in [0.2, 0.25) is 0 Å². The molecule has 1 heterocycles. The topological polar surface area (TPSA) is 20.2 Å². The number of benzene rings is 3. The number of aryl methyl sites for hydroxylation is 1. The maximum atomic E-state index is 10.3. The third kappa shape index (κ3) is 1.84. The molecule has 3 aromatic carbocycles. The number of hydrogen-bond acceptors (Lipinski definition) is 2. The maximum absolute atomic E-state index is 10.3. The summed E-state index contributed by atoms with van der Waals surface area (Å²) >= 11 is 1.85. The molecule has 0 aliphatic carbocycles. The first kappa shape index (κ1) is 13.6. The molecule has 0 saturated carbocycles. The fourth-order valence-electron chi connectivity index (χ4n) is 3.25. The van der Waals surface area contributed by atoms with Gasteiger partial charge in [0, 0.05) is 25.4 Å². The number of thiophene rings is 1. The van der Waals surface area contributed by atoms with E-state index in [0.29, 0.717) is 5.75 Å². The van der Waals surface area contributed by atoms with Crippen molar-refractivity contribution in [3.8, 4) is 5.75 Å². The Hall–Kier alpha value is -2.06. The molecule has 0 radical (unpaired) electrons. The van der Waals surface area contributed by atoms with Crippen LogP contribution >= 0.6 is 11.3 Å². The van der Waals surface area contributed by atoms with E-state index in [4.69, 9.17) is 0 Å². The lowest BCUT2D eigenvalue weighted by Crippen LogP contribution is -1.90. The van der Waals surface area contributed by atoms with Crippen molar-refractivity contribution in [2.45, 2.75) is 26.7 Å². The quantitative estimate of drug-likeness (QED) is 0.493. The fraction of sp³-hybridized carbons (Fsp3) is 0.200. The minimum atomic E-state index is 0.375. The summed E-state index contributed by atoms with van der Waals surface area (Å²) in [5.41, 5.74) is 1.36. The molecule has 0 spiro atoms. The summed E-state index contributed by atoms with van der Waals surface area (Å²) < 4.78 is 2.62. The molecule has 0 bridgehead atoms. The number of hydrogen-bond donors (Lipinski definition) is 1. The summed E-state index contributed by atoms with van der Waals surface area (Å²) in [6, 6.07) is 12.7. The molecule has 0 aliphatic heterocycles. The third-order valence-corrected chi connectivity index (χ3v) is 5.62. The van der Waals surface area contributed by atoms with E-state index in [9.17, 15) is 5.11 Å². The molecule has 22 heavy (non-hydrogen) atoms. The highest BCUT2D eigenvalue weighted by atomic mass is 32.1. The second kappa shape index (κ2) is 4.99. The lowest BCUT2D eigenvalue weighted by molar-refractivity contribution is 0.482. The van der Waals surface area contributed by atoms with Crippen molar-refractivity contribution in [2.24, 2.45) is 0 Å². The second-order valence-corrected chi connectivity index (χ2v) is 6.80. The Morgan fingerprint density at radius 2 is 1.86 bits per heavy atom. The Labute approximate surface area is 133 Å². The molecular weight excluding hydrogens is 288 g/mol. The van der Waals surface area contributed by atoms with Gasteiger partial charge in [-0.1, -0.05) is 32.1 Å². The van der Waals surface area contributed by atoms with Gasteiger partial charge in [-0.05, 0) is 53.4 Å². The zero-order chi connectivity index (χ0) is 15.3. The van der Waals surface area contributed by atoms with Crippen LogP contribution in [0.4, 0.5) is 0 Å². The molecule has 0 saturated heterocycles. The van der Waals surface area contributed by atoms with Gasteiger partial charge < -0.3 is 5.11 Å². The largest absolute Gasteiger partial charge is 0.507 e. The SMILES string of the molecule is CCC=c1sc2c3cc(CC)ccc3cc3c(O)ccc1c32. The van der Waals surface area contributed by atoms with Gasteiger partial charge >= 0.3 is 0 Å². The first-order valence-corrected chi connectivity index (χ1v) is 8.64. The van der Waals surface area contributed by atoms with Crippen LogP contribution in [-0.2, 0) is 6.42 Å². The normalized spacial score (nSPS) is 12.9. The molecule has 0 unspecified atom stereocenters. The molecule has 0 aliphatic rings. The van der Waals surface area contributed by atoms with E-state index in [0.717, 1.165) is 18.2 Å². The Morgan fingerprint density at radius 1 is 1.00 bits per heavy atom. The summed E-state index contributed by atoms with van der Waals surface area (Å²) in [6.45, 7) is 4.36. The summed E-state index contributed by atoms with van der Waals surface area (Å²) in [5, 5.41) is 16.3. The first-order chi connectivity index (χ1) is 10.7. The van der Waals surface area contributed by atoms with Crippen molar-refractivity contribution in [1.82, 2.24) is 0 Å². The van der Waals surface area contributed by atoms with Crippen LogP contribution in [-0.4, -0.2) is 5.11 Å². The molecule has 1 aromatic heterocycles. The van der Waals surface area contributed by atoms with E-state index >= 15 is 0 Å². The van der Waals surface area contributed by atoms with Crippen LogP contribution in [0.25, 0.3) is 37.7 Å². The second-order valence-electron chi connectivity index (χ2n) is 5.75. The summed E-state index contributed by atoms with van der Waals surface area (Å²) in [4.78, 5) is 0. The number of fused-ring (bicyclic) bond motifs is 2. The molecule has 110 valence electrons. The zero-order valence-corrected chi connectivity index (χ0v) is 13.6. The predicted octanol–water partition coefficient (Wildman–Crippen LogP) is 5.39. The van der Waals surface area contributed by atoms with Gasteiger partial charge in [-0.15, -0.1) is 11.3 Å². The predicted molar refractivity (Wildman–Crippen MR) is 97.9 cm³/mol. The van der Waals surface area contributed by atoms with Crippen molar-refractivity contribution in [3.63, 3.8) is 0 Å². The van der Waals surface area contributed by atoms with Crippen molar-refractivity contribution >= 4 is 49.0 Å². The molecule has 0 atom stereocenters. The van der Waals surface area contributed by atoms with Crippen LogP contribution in [0, 0.1) is 0 Å². The van der Waals surface area contributed by atoms with Crippen molar-refractivity contribution in [1.29, 1.82) is 0 Å². The van der Waals surface area contributed by atoms with Crippen LogP contribution in [0.5, 0.6) is 5.75 Å². The highest BCUT2D eigenvalue weighted by Gasteiger charge is 2.13. The van der Waals surface area contributed by atoms with Crippen LogP contribution in [0.3, 0.4) is 0 Å². The van der Waals surface area contributed by atoms with E-state index in [1.807, 2.05) is 17.4 Å². The summed E-state index contributed by atoms with van der Waals surface area (Å²) in [7, 11) is 0. The Kier molecular flexibility index (Phi) is 3.08. The third-order valence-electron chi connectivity index (χ3n) is 4.39. The van der Waals surface area contributed by atoms with Gasteiger partial charge in [0.15, 0.2) is 0 Å². The maximum Gasteiger partial charge on any atom is 0.123 e. The van der Waals surface area contributed by atoms with E-state index in [1.165, 1.54) is 36.3 Å². The summed E-state index contributed by atoms with van der Waals surface area (Å²) in [6.07, 6.45) is 4.35. The van der Waals surface area contributed by atoms with Crippen molar-refractivity contribution < 1.29 is 5.11 Å². The zero-order valence-electron chi connectivity index (χ0n) is 12.8. The average Bonchev–Trinajstić information content (AvgIpc) is 2.90. The van der Waals surface area contributed by atoms with E-state index in [-0.39, 0.29) is 0 Å². The average molecular weight is 306 g/mol.